The smallest absolute Gasteiger partial charge is 0.342 e. The highest BCUT2D eigenvalue weighted by Gasteiger charge is 2.26. The van der Waals surface area contributed by atoms with Crippen molar-refractivity contribution in [2.24, 2.45) is 5.11 Å². The molecule has 0 radical (unpaired) electrons. The second kappa shape index (κ2) is 8.16. The molecule has 0 amide bonds. The van der Waals surface area contributed by atoms with Crippen LogP contribution in [-0.2, 0) is 11.3 Å². The number of carbonyl (C=O) groups is 1. The van der Waals surface area contributed by atoms with Crippen LogP contribution in [0.1, 0.15) is 33.5 Å². The summed E-state index contributed by atoms with van der Waals surface area (Å²) in [7, 11) is 0. The van der Waals surface area contributed by atoms with E-state index in [-0.39, 0.29) is 23.7 Å². The minimum atomic E-state index is -1.33. The third-order valence-corrected chi connectivity index (χ3v) is 3.39. The zero-order valence-electron chi connectivity index (χ0n) is 13.0. The highest BCUT2D eigenvalue weighted by molar-refractivity contribution is 5.90. The number of aliphatic hydroxyl groups is 2. The molecule has 1 heterocycles. The zero-order valence-corrected chi connectivity index (χ0v) is 13.0. The zero-order chi connectivity index (χ0) is 17.5. The average molecular weight is 331 g/mol. The molecule has 0 unspecified atom stereocenters. The molecule has 0 bridgehead atoms. The first kappa shape index (κ1) is 17.6. The van der Waals surface area contributed by atoms with E-state index in [4.69, 9.17) is 19.8 Å². The van der Waals surface area contributed by atoms with Gasteiger partial charge in [0.25, 0.3) is 0 Å². The Morgan fingerprint density at radius 2 is 2.12 bits per heavy atom. The van der Waals surface area contributed by atoms with Gasteiger partial charge in [0.2, 0.25) is 0 Å². The molecule has 24 heavy (non-hydrogen) atoms. The van der Waals surface area contributed by atoms with Gasteiger partial charge in [0.05, 0.1) is 12.7 Å². The van der Waals surface area contributed by atoms with Crippen LogP contribution in [0.15, 0.2) is 45.9 Å². The van der Waals surface area contributed by atoms with E-state index < -0.39 is 24.7 Å². The Hall–Kier alpha value is -2.80. The molecule has 0 aliphatic rings. The Balaban J connectivity index is 2.15. The molecule has 0 aliphatic heterocycles. The summed E-state index contributed by atoms with van der Waals surface area (Å²) >= 11 is 0. The summed E-state index contributed by atoms with van der Waals surface area (Å²) in [6.07, 6.45) is -1.33. The Morgan fingerprint density at radius 3 is 2.75 bits per heavy atom. The lowest BCUT2D eigenvalue weighted by Crippen LogP contribution is -2.20. The monoisotopic (exact) mass is 331 g/mol. The number of hydrogen-bond acceptors (Lipinski definition) is 6. The van der Waals surface area contributed by atoms with Crippen LogP contribution in [0, 0.1) is 6.92 Å². The van der Waals surface area contributed by atoms with Crippen molar-refractivity contribution in [1.82, 2.24) is 0 Å². The fraction of sp³-hybridized carbons (Fsp3) is 0.312. The summed E-state index contributed by atoms with van der Waals surface area (Å²) in [5.74, 6) is -0.241. The molecule has 2 rings (SSSR count). The van der Waals surface area contributed by atoms with Gasteiger partial charge >= 0.3 is 5.97 Å². The summed E-state index contributed by atoms with van der Waals surface area (Å²) in [5.41, 5.74) is 9.58. The molecular formula is C16H17N3O5. The van der Waals surface area contributed by atoms with E-state index in [0.29, 0.717) is 0 Å². The van der Waals surface area contributed by atoms with Crippen molar-refractivity contribution < 1.29 is 24.2 Å². The maximum Gasteiger partial charge on any atom is 0.342 e. The van der Waals surface area contributed by atoms with Crippen LogP contribution < -0.4 is 0 Å². The van der Waals surface area contributed by atoms with E-state index >= 15 is 0 Å². The van der Waals surface area contributed by atoms with Crippen molar-refractivity contribution in [2.45, 2.75) is 25.7 Å². The summed E-state index contributed by atoms with van der Waals surface area (Å²) in [6.45, 7) is 1.05. The van der Waals surface area contributed by atoms with Gasteiger partial charge in [0, 0.05) is 4.91 Å². The Bertz CT molecular complexity index is 737. The minimum Gasteiger partial charge on any atom is -0.465 e. The lowest BCUT2D eigenvalue weighted by Gasteiger charge is -2.13. The molecule has 8 nitrogen and oxygen atoms in total. The third kappa shape index (κ3) is 4.14. The first-order chi connectivity index (χ1) is 11.6. The second-order valence-electron chi connectivity index (χ2n) is 5.08. The third-order valence-electron chi connectivity index (χ3n) is 3.39. The Labute approximate surface area is 137 Å². The van der Waals surface area contributed by atoms with Gasteiger partial charge in [-0.1, -0.05) is 35.4 Å². The fourth-order valence-corrected chi connectivity index (χ4v) is 2.13. The number of furan rings is 1. The number of hydrogen-bond donors (Lipinski definition) is 2. The highest BCUT2D eigenvalue weighted by Crippen LogP contribution is 2.27. The van der Waals surface area contributed by atoms with Crippen molar-refractivity contribution in [3.8, 4) is 0 Å². The first-order valence-corrected chi connectivity index (χ1v) is 7.21. The van der Waals surface area contributed by atoms with Crippen molar-refractivity contribution in [1.29, 1.82) is 0 Å². The van der Waals surface area contributed by atoms with E-state index in [1.54, 1.807) is 6.92 Å². The number of aryl methyl sites for hydroxylation is 1. The van der Waals surface area contributed by atoms with Crippen molar-refractivity contribution in [2.75, 3.05) is 6.61 Å². The number of ether oxygens (including phenoxy) is 1. The van der Waals surface area contributed by atoms with Crippen molar-refractivity contribution >= 4 is 5.97 Å². The minimum absolute atomic E-state index is 0.0820. The van der Waals surface area contributed by atoms with Gasteiger partial charge in [-0.15, -0.1) is 0 Å². The van der Waals surface area contributed by atoms with Gasteiger partial charge in [-0.3, -0.25) is 0 Å². The van der Waals surface area contributed by atoms with Crippen LogP contribution in [0.4, 0.5) is 0 Å². The molecule has 1 aromatic heterocycles. The molecule has 8 heteroatoms. The van der Waals surface area contributed by atoms with Crippen LogP contribution >= 0.6 is 0 Å². The molecule has 0 aliphatic carbocycles. The van der Waals surface area contributed by atoms with Crippen LogP contribution in [0.25, 0.3) is 10.4 Å². The fourth-order valence-electron chi connectivity index (χ4n) is 2.13. The molecule has 2 N–H and O–H groups in total. The molecule has 1 aromatic carbocycles. The number of aliphatic hydroxyl groups excluding tert-OH is 2. The number of rotatable bonds is 7. The summed E-state index contributed by atoms with van der Waals surface area (Å²) < 4.78 is 10.6. The predicted molar refractivity (Wildman–Crippen MR) is 84.0 cm³/mol. The SMILES string of the molecule is Cc1oc([C@@H](N=[N+]=[N-])[C@H](O)CO)cc1C(=O)OCc1ccccc1. The normalized spacial score (nSPS) is 13.0. The molecule has 0 fully saturated rings. The Kier molecular flexibility index (Phi) is 5.97. The average Bonchev–Trinajstić information content (AvgIpc) is 2.99. The van der Waals surface area contributed by atoms with Crippen LogP contribution in [0.5, 0.6) is 0 Å². The molecule has 126 valence electrons. The lowest BCUT2D eigenvalue weighted by molar-refractivity contribution is 0.0470. The van der Waals surface area contributed by atoms with Crippen LogP contribution in [-0.4, -0.2) is 28.9 Å². The topological polar surface area (TPSA) is 129 Å². The Morgan fingerprint density at radius 1 is 1.42 bits per heavy atom. The maximum atomic E-state index is 12.2. The summed E-state index contributed by atoms with van der Waals surface area (Å²) in [4.78, 5) is 14.8. The van der Waals surface area contributed by atoms with Gasteiger partial charge in [-0.05, 0) is 24.1 Å². The summed E-state index contributed by atoms with van der Waals surface area (Å²) in [5, 5.41) is 22.1. The molecule has 0 saturated carbocycles. The van der Waals surface area contributed by atoms with Gasteiger partial charge < -0.3 is 19.4 Å². The van der Waals surface area contributed by atoms with Crippen molar-refractivity contribution in [3.05, 3.63) is 69.5 Å². The molecular weight excluding hydrogens is 314 g/mol. The maximum absolute atomic E-state index is 12.2. The van der Waals surface area contributed by atoms with Gasteiger partial charge in [-0.25, -0.2) is 4.79 Å². The van der Waals surface area contributed by atoms with Crippen LogP contribution in [0.3, 0.4) is 0 Å². The number of azide groups is 1. The lowest BCUT2D eigenvalue weighted by atomic mass is 10.1. The van der Waals surface area contributed by atoms with E-state index in [2.05, 4.69) is 10.0 Å². The van der Waals surface area contributed by atoms with Crippen LogP contribution in [0.2, 0.25) is 0 Å². The van der Waals surface area contributed by atoms with Gasteiger partial charge in [0.15, 0.2) is 0 Å². The van der Waals surface area contributed by atoms with Gasteiger partial charge in [-0.2, -0.15) is 0 Å². The molecule has 0 spiro atoms. The highest BCUT2D eigenvalue weighted by atomic mass is 16.5. The standard InChI is InChI=1S/C16H17N3O5/c1-10-12(16(22)23-9-11-5-3-2-4-6-11)7-14(24-10)15(18-19-17)13(21)8-20/h2-7,13,15,20-21H,8-9H2,1H3/t13-,15+/m1/s1. The first-order valence-electron chi connectivity index (χ1n) is 7.21. The number of carbonyl (C=O) groups excluding carboxylic acids is 1. The molecule has 0 saturated heterocycles. The van der Waals surface area contributed by atoms with E-state index in [1.807, 2.05) is 30.3 Å². The quantitative estimate of drug-likeness (QED) is 0.349. The second-order valence-corrected chi connectivity index (χ2v) is 5.08. The molecule has 2 aromatic rings. The predicted octanol–water partition coefficient (Wildman–Crippen LogP) is 2.65. The van der Waals surface area contributed by atoms with E-state index in [1.165, 1.54) is 6.07 Å². The van der Waals surface area contributed by atoms with Gasteiger partial charge in [0.1, 0.15) is 29.7 Å². The van der Waals surface area contributed by atoms with E-state index in [0.717, 1.165) is 5.56 Å². The summed E-state index contributed by atoms with van der Waals surface area (Å²) in [6, 6.07) is 9.42. The number of nitrogens with zero attached hydrogens (tertiary/aromatic N) is 3. The van der Waals surface area contributed by atoms with E-state index in [9.17, 15) is 9.90 Å². The van der Waals surface area contributed by atoms with Crippen molar-refractivity contribution in [3.63, 3.8) is 0 Å². The number of esters is 1. The largest absolute Gasteiger partial charge is 0.465 e. The number of benzene rings is 1. The molecule has 2 atom stereocenters.